The zero-order valence-electron chi connectivity index (χ0n) is 26.0. The Morgan fingerprint density at radius 1 is 0.951 bits per heavy atom. The Labute approximate surface area is 247 Å². The van der Waals surface area contributed by atoms with Gasteiger partial charge in [-0.05, 0) is 82.7 Å². The van der Waals surface area contributed by atoms with E-state index in [-0.39, 0.29) is 6.09 Å². The molecule has 0 bridgehead atoms. The molecule has 0 radical (unpaired) electrons. The summed E-state index contributed by atoms with van der Waals surface area (Å²) in [6.45, 7) is 14.2. The van der Waals surface area contributed by atoms with E-state index in [9.17, 15) is 4.79 Å². The Morgan fingerprint density at radius 2 is 1.56 bits per heavy atom. The van der Waals surface area contributed by atoms with Gasteiger partial charge in [0.2, 0.25) is 0 Å². The summed E-state index contributed by atoms with van der Waals surface area (Å²) < 4.78 is 5.52. The molecule has 3 aromatic rings. The highest BCUT2D eigenvalue weighted by Crippen LogP contribution is 2.21. The number of amides is 1. The van der Waals surface area contributed by atoms with Crippen LogP contribution in [0.25, 0.3) is 11.1 Å². The Hall–Kier alpha value is -3.62. The lowest BCUT2D eigenvalue weighted by Gasteiger charge is -2.37. The fourth-order valence-electron chi connectivity index (χ4n) is 4.79. The van der Waals surface area contributed by atoms with Gasteiger partial charge >= 0.3 is 6.09 Å². The topological polar surface area (TPSA) is 45.7 Å². The molecule has 1 aromatic heterocycles. The molecule has 1 fully saturated rings. The van der Waals surface area contributed by atoms with Crippen LogP contribution in [0.15, 0.2) is 66.9 Å². The SMILES string of the molecule is CC.Cc1ccc(-c2ccc(C#CCCc3ccc(CN(C)C4CCN(C(=O)OC(C)(C)C)CC4)cc3)nc2)cc1. The summed E-state index contributed by atoms with van der Waals surface area (Å²) in [5.74, 6) is 6.47. The lowest BCUT2D eigenvalue weighted by atomic mass is 10.0. The molecule has 1 amide bonds. The number of rotatable bonds is 6. The van der Waals surface area contributed by atoms with E-state index in [0.717, 1.165) is 56.6 Å². The van der Waals surface area contributed by atoms with Crippen LogP contribution in [0.3, 0.4) is 0 Å². The maximum atomic E-state index is 12.3. The van der Waals surface area contributed by atoms with Crippen molar-refractivity contribution in [2.45, 2.75) is 85.4 Å². The van der Waals surface area contributed by atoms with E-state index in [4.69, 9.17) is 4.74 Å². The van der Waals surface area contributed by atoms with Gasteiger partial charge in [0.1, 0.15) is 11.3 Å². The number of benzene rings is 2. The molecule has 5 heteroatoms. The third-order valence-electron chi connectivity index (χ3n) is 7.10. The van der Waals surface area contributed by atoms with Crippen molar-refractivity contribution in [2.24, 2.45) is 0 Å². The van der Waals surface area contributed by atoms with Crippen molar-refractivity contribution in [3.63, 3.8) is 0 Å². The molecule has 0 unspecified atom stereocenters. The van der Waals surface area contributed by atoms with Crippen molar-refractivity contribution in [1.29, 1.82) is 0 Å². The molecule has 2 aromatic carbocycles. The first-order valence-corrected chi connectivity index (χ1v) is 14.9. The fourth-order valence-corrected chi connectivity index (χ4v) is 4.79. The summed E-state index contributed by atoms with van der Waals surface area (Å²) in [4.78, 5) is 21.1. The van der Waals surface area contributed by atoms with E-state index in [1.165, 1.54) is 22.3 Å². The Balaban J connectivity index is 0.00000226. The highest BCUT2D eigenvalue weighted by Gasteiger charge is 2.28. The molecule has 1 aliphatic rings. The number of piperidine rings is 1. The van der Waals surface area contributed by atoms with Crippen LogP contribution in [0, 0.1) is 18.8 Å². The summed E-state index contributed by atoms with van der Waals surface area (Å²) in [6, 6.07) is 21.9. The Morgan fingerprint density at radius 3 is 2.15 bits per heavy atom. The van der Waals surface area contributed by atoms with E-state index in [2.05, 4.69) is 90.3 Å². The van der Waals surface area contributed by atoms with E-state index >= 15 is 0 Å². The lowest BCUT2D eigenvalue weighted by Crippen LogP contribution is -2.46. The predicted molar refractivity (Wildman–Crippen MR) is 170 cm³/mol. The molecular formula is C36H47N3O2. The molecule has 218 valence electrons. The van der Waals surface area contributed by atoms with Gasteiger partial charge in [-0.3, -0.25) is 4.90 Å². The number of hydrogen-bond acceptors (Lipinski definition) is 4. The molecular weight excluding hydrogens is 506 g/mol. The van der Waals surface area contributed by atoms with Gasteiger partial charge in [-0.2, -0.15) is 0 Å². The standard InChI is InChI=1S/C34H41N3O2.C2H6/c1-26-10-16-29(17-11-26)30-18-19-31(35-24-30)9-7-6-8-27-12-14-28(15-13-27)25-36(5)32-20-22-37(23-21-32)33(38)39-34(2,3)4;1-2/h10-19,24,32H,6,8,20-23,25H2,1-5H3;1-2H3. The summed E-state index contributed by atoms with van der Waals surface area (Å²) in [7, 11) is 2.18. The number of hydrogen-bond donors (Lipinski definition) is 0. The summed E-state index contributed by atoms with van der Waals surface area (Å²) in [5, 5.41) is 0. The molecule has 0 atom stereocenters. The van der Waals surface area contributed by atoms with Crippen molar-refractivity contribution < 1.29 is 9.53 Å². The second-order valence-corrected chi connectivity index (χ2v) is 11.5. The third-order valence-corrected chi connectivity index (χ3v) is 7.10. The number of aryl methyl sites for hydroxylation is 2. The summed E-state index contributed by atoms with van der Waals surface area (Å²) >= 11 is 0. The first-order chi connectivity index (χ1) is 19.7. The number of pyridine rings is 1. The molecule has 1 saturated heterocycles. The molecule has 0 spiro atoms. The van der Waals surface area contributed by atoms with Gasteiger partial charge in [0.15, 0.2) is 0 Å². The minimum Gasteiger partial charge on any atom is -0.444 e. The number of aromatic nitrogens is 1. The third kappa shape index (κ3) is 10.4. The molecule has 5 nitrogen and oxygen atoms in total. The highest BCUT2D eigenvalue weighted by atomic mass is 16.6. The van der Waals surface area contributed by atoms with Gasteiger partial charge in [0, 0.05) is 43.9 Å². The van der Waals surface area contributed by atoms with Gasteiger partial charge < -0.3 is 9.64 Å². The van der Waals surface area contributed by atoms with Crippen molar-refractivity contribution in [3.8, 4) is 23.0 Å². The Bertz CT molecular complexity index is 1270. The van der Waals surface area contributed by atoms with Crippen LogP contribution < -0.4 is 0 Å². The zero-order valence-corrected chi connectivity index (χ0v) is 26.0. The largest absolute Gasteiger partial charge is 0.444 e. The van der Waals surface area contributed by atoms with Gasteiger partial charge in [0.05, 0.1) is 0 Å². The second-order valence-electron chi connectivity index (χ2n) is 11.5. The van der Waals surface area contributed by atoms with Crippen LogP contribution >= 0.6 is 0 Å². The van der Waals surface area contributed by atoms with E-state index in [1.54, 1.807) is 0 Å². The number of nitrogens with zero attached hydrogens (tertiary/aromatic N) is 3. The number of carbonyl (C=O) groups excluding carboxylic acids is 1. The van der Waals surface area contributed by atoms with Gasteiger partial charge in [-0.1, -0.05) is 79.9 Å². The van der Waals surface area contributed by atoms with Crippen LogP contribution in [-0.2, 0) is 17.7 Å². The quantitative estimate of drug-likeness (QED) is 0.291. The zero-order chi connectivity index (χ0) is 29.8. The van der Waals surface area contributed by atoms with Crippen molar-refractivity contribution >= 4 is 6.09 Å². The Kier molecular flexibility index (Phi) is 12.0. The molecule has 41 heavy (non-hydrogen) atoms. The first kappa shape index (κ1) is 31.9. The second kappa shape index (κ2) is 15.4. The van der Waals surface area contributed by atoms with E-state index in [1.807, 2.05) is 51.8 Å². The average Bonchev–Trinajstić information content (AvgIpc) is 2.97. The molecule has 1 aliphatic heterocycles. The van der Waals surface area contributed by atoms with Crippen LogP contribution in [0.1, 0.15) is 76.3 Å². The van der Waals surface area contributed by atoms with Gasteiger partial charge in [-0.25, -0.2) is 9.78 Å². The first-order valence-electron chi connectivity index (χ1n) is 14.9. The van der Waals surface area contributed by atoms with E-state index in [0.29, 0.717) is 6.04 Å². The smallest absolute Gasteiger partial charge is 0.410 e. The van der Waals surface area contributed by atoms with Crippen LogP contribution in [0.5, 0.6) is 0 Å². The normalized spacial score (nSPS) is 13.6. The minimum absolute atomic E-state index is 0.198. The van der Waals surface area contributed by atoms with Crippen molar-refractivity contribution in [1.82, 2.24) is 14.8 Å². The van der Waals surface area contributed by atoms with Crippen molar-refractivity contribution in [2.75, 3.05) is 20.1 Å². The van der Waals surface area contributed by atoms with Crippen LogP contribution in [0.4, 0.5) is 4.79 Å². The summed E-state index contributed by atoms with van der Waals surface area (Å²) in [6.07, 6.45) is 5.36. The van der Waals surface area contributed by atoms with Gasteiger partial charge in [0.25, 0.3) is 0 Å². The maximum Gasteiger partial charge on any atom is 0.410 e. The number of likely N-dealkylation sites (tertiary alicyclic amines) is 1. The van der Waals surface area contributed by atoms with Crippen molar-refractivity contribution in [3.05, 3.63) is 89.2 Å². The lowest BCUT2D eigenvalue weighted by molar-refractivity contribution is 0.0153. The van der Waals surface area contributed by atoms with Crippen LogP contribution in [-0.4, -0.2) is 52.7 Å². The molecule has 2 heterocycles. The molecule has 4 rings (SSSR count). The monoisotopic (exact) mass is 553 g/mol. The molecule has 0 saturated carbocycles. The summed E-state index contributed by atoms with van der Waals surface area (Å²) in [5.41, 5.74) is 6.49. The maximum absolute atomic E-state index is 12.3. The predicted octanol–water partition coefficient (Wildman–Crippen LogP) is 7.90. The average molecular weight is 554 g/mol. The molecule has 0 aliphatic carbocycles. The van der Waals surface area contributed by atoms with E-state index < -0.39 is 5.60 Å². The fraction of sp³-hybridized carbons (Fsp3) is 0.444. The molecule has 0 N–H and O–H groups in total. The minimum atomic E-state index is -0.449. The van der Waals surface area contributed by atoms with Crippen LogP contribution in [0.2, 0.25) is 0 Å². The number of ether oxygens (including phenoxy) is 1. The highest BCUT2D eigenvalue weighted by molar-refractivity contribution is 5.68. The van der Waals surface area contributed by atoms with Gasteiger partial charge in [-0.15, -0.1) is 0 Å². The number of carbonyl (C=O) groups is 1.